The molecule has 0 radical (unpaired) electrons. The SMILES string of the molecule is CCCCN(CCCC)c1cc(C(=O)O)cc(S(C)(=O)=O)c1-c1ccc(F)c(F)c1. The lowest BCUT2D eigenvalue weighted by Gasteiger charge is -2.29. The maximum atomic E-state index is 14.0. The molecule has 0 saturated carbocycles. The normalized spacial score (nSPS) is 11.5. The third-order valence-electron chi connectivity index (χ3n) is 4.84. The molecular formula is C22H27F2NO4S. The molecule has 164 valence electrons. The Balaban J connectivity index is 2.89. The van der Waals surface area contributed by atoms with Crippen LogP contribution in [0, 0.1) is 11.6 Å². The number of hydrogen-bond acceptors (Lipinski definition) is 4. The molecule has 0 heterocycles. The smallest absolute Gasteiger partial charge is 0.335 e. The Morgan fingerprint density at radius 2 is 1.60 bits per heavy atom. The molecule has 0 amide bonds. The minimum Gasteiger partial charge on any atom is -0.478 e. The van der Waals surface area contributed by atoms with E-state index < -0.39 is 27.4 Å². The number of hydrogen-bond donors (Lipinski definition) is 1. The summed E-state index contributed by atoms with van der Waals surface area (Å²) in [7, 11) is -3.86. The summed E-state index contributed by atoms with van der Waals surface area (Å²) in [6.45, 7) is 5.20. The molecule has 5 nitrogen and oxygen atoms in total. The summed E-state index contributed by atoms with van der Waals surface area (Å²) in [6, 6.07) is 5.69. The van der Waals surface area contributed by atoms with Crippen LogP contribution in [0.2, 0.25) is 0 Å². The highest BCUT2D eigenvalue weighted by molar-refractivity contribution is 7.90. The molecule has 0 aliphatic heterocycles. The zero-order valence-corrected chi connectivity index (χ0v) is 18.2. The molecule has 0 atom stereocenters. The molecule has 2 aromatic rings. The Kier molecular flexibility index (Phi) is 7.95. The molecule has 2 aromatic carbocycles. The van der Waals surface area contributed by atoms with Crippen LogP contribution in [0.3, 0.4) is 0 Å². The Labute approximate surface area is 176 Å². The Bertz CT molecular complexity index is 1010. The highest BCUT2D eigenvalue weighted by Crippen LogP contribution is 2.39. The van der Waals surface area contributed by atoms with Gasteiger partial charge in [0.25, 0.3) is 0 Å². The van der Waals surface area contributed by atoms with E-state index in [1.54, 1.807) is 0 Å². The van der Waals surface area contributed by atoms with Gasteiger partial charge in [-0.15, -0.1) is 0 Å². The Hall–Kier alpha value is -2.48. The van der Waals surface area contributed by atoms with E-state index in [2.05, 4.69) is 0 Å². The van der Waals surface area contributed by atoms with Gasteiger partial charge in [0.2, 0.25) is 0 Å². The third kappa shape index (κ3) is 5.56. The number of anilines is 1. The fourth-order valence-corrected chi connectivity index (χ4v) is 4.19. The van der Waals surface area contributed by atoms with Crippen LogP contribution < -0.4 is 4.90 Å². The summed E-state index contributed by atoms with van der Waals surface area (Å²) >= 11 is 0. The fraction of sp³-hybridized carbons (Fsp3) is 0.409. The molecular weight excluding hydrogens is 412 g/mol. The predicted molar refractivity (Wildman–Crippen MR) is 114 cm³/mol. The first-order chi connectivity index (χ1) is 14.1. The van der Waals surface area contributed by atoms with Crippen LogP contribution in [-0.2, 0) is 9.84 Å². The van der Waals surface area contributed by atoms with Crippen LogP contribution in [0.15, 0.2) is 35.2 Å². The highest BCUT2D eigenvalue weighted by Gasteiger charge is 2.25. The van der Waals surface area contributed by atoms with E-state index in [-0.39, 0.29) is 21.6 Å². The Morgan fingerprint density at radius 1 is 1.00 bits per heavy atom. The van der Waals surface area contributed by atoms with E-state index in [4.69, 9.17) is 0 Å². The van der Waals surface area contributed by atoms with Crippen molar-refractivity contribution >= 4 is 21.5 Å². The van der Waals surface area contributed by atoms with Crippen molar-refractivity contribution in [3.8, 4) is 11.1 Å². The van der Waals surface area contributed by atoms with Gasteiger partial charge in [-0.3, -0.25) is 0 Å². The van der Waals surface area contributed by atoms with Crippen LogP contribution in [0.4, 0.5) is 14.5 Å². The van der Waals surface area contributed by atoms with Crippen molar-refractivity contribution in [1.29, 1.82) is 0 Å². The number of sulfone groups is 1. The number of halogens is 2. The molecule has 0 aromatic heterocycles. The number of aromatic carboxylic acids is 1. The number of carboxylic acids is 1. The topological polar surface area (TPSA) is 74.7 Å². The van der Waals surface area contributed by atoms with Crippen molar-refractivity contribution in [2.75, 3.05) is 24.2 Å². The number of carboxylic acid groups (broad SMARTS) is 1. The van der Waals surface area contributed by atoms with Gasteiger partial charge in [0.15, 0.2) is 21.5 Å². The molecule has 0 spiro atoms. The summed E-state index contributed by atoms with van der Waals surface area (Å²) < 4.78 is 52.7. The monoisotopic (exact) mass is 439 g/mol. The van der Waals surface area contributed by atoms with E-state index in [1.165, 1.54) is 12.1 Å². The number of nitrogens with zero attached hydrogens (tertiary/aromatic N) is 1. The van der Waals surface area contributed by atoms with Crippen LogP contribution in [0.25, 0.3) is 11.1 Å². The van der Waals surface area contributed by atoms with Crippen LogP contribution in [0.5, 0.6) is 0 Å². The van der Waals surface area contributed by atoms with Gasteiger partial charge in [-0.05, 0) is 42.7 Å². The quantitative estimate of drug-likeness (QED) is 0.555. The first kappa shape index (κ1) is 23.8. The summed E-state index contributed by atoms with van der Waals surface area (Å²) in [5, 5.41) is 9.55. The van der Waals surface area contributed by atoms with Crippen molar-refractivity contribution in [2.24, 2.45) is 0 Å². The fourth-order valence-electron chi connectivity index (χ4n) is 3.26. The van der Waals surface area contributed by atoms with Gasteiger partial charge in [-0.2, -0.15) is 0 Å². The second-order valence-electron chi connectivity index (χ2n) is 7.27. The zero-order valence-electron chi connectivity index (χ0n) is 17.4. The maximum absolute atomic E-state index is 14.0. The molecule has 0 aliphatic carbocycles. The molecule has 8 heteroatoms. The minimum atomic E-state index is -3.86. The lowest BCUT2D eigenvalue weighted by molar-refractivity contribution is 0.0696. The molecule has 0 aliphatic rings. The number of carbonyl (C=O) groups is 1. The van der Waals surface area contributed by atoms with Crippen LogP contribution in [-0.4, -0.2) is 38.8 Å². The van der Waals surface area contributed by atoms with E-state index in [9.17, 15) is 27.1 Å². The van der Waals surface area contributed by atoms with Crippen molar-refractivity contribution in [1.82, 2.24) is 0 Å². The maximum Gasteiger partial charge on any atom is 0.335 e. The van der Waals surface area contributed by atoms with Gasteiger partial charge in [0.1, 0.15) is 0 Å². The summed E-state index contributed by atoms with van der Waals surface area (Å²) in [4.78, 5) is 13.4. The molecule has 0 unspecified atom stereocenters. The summed E-state index contributed by atoms with van der Waals surface area (Å²) in [5.74, 6) is -3.41. The second kappa shape index (κ2) is 10.0. The van der Waals surface area contributed by atoms with Crippen molar-refractivity contribution in [3.05, 3.63) is 47.5 Å². The summed E-state index contributed by atoms with van der Waals surface area (Å²) in [5.41, 5.74) is 0.589. The van der Waals surface area contributed by atoms with Gasteiger partial charge < -0.3 is 10.0 Å². The molecule has 30 heavy (non-hydrogen) atoms. The van der Waals surface area contributed by atoms with Crippen molar-refractivity contribution in [3.63, 3.8) is 0 Å². The van der Waals surface area contributed by atoms with Crippen LogP contribution >= 0.6 is 0 Å². The van der Waals surface area contributed by atoms with Gasteiger partial charge >= 0.3 is 5.97 Å². The number of unbranched alkanes of at least 4 members (excludes halogenated alkanes) is 2. The molecule has 1 N–H and O–H groups in total. The number of benzene rings is 2. The average Bonchev–Trinajstić information content (AvgIpc) is 2.68. The van der Waals surface area contributed by atoms with Crippen LogP contribution in [0.1, 0.15) is 49.9 Å². The number of rotatable bonds is 10. The summed E-state index contributed by atoms with van der Waals surface area (Å²) in [6.07, 6.45) is 4.38. The van der Waals surface area contributed by atoms with E-state index in [0.29, 0.717) is 18.8 Å². The van der Waals surface area contributed by atoms with E-state index in [0.717, 1.165) is 50.1 Å². The van der Waals surface area contributed by atoms with Crippen molar-refractivity contribution < 1.29 is 27.1 Å². The Morgan fingerprint density at radius 3 is 2.07 bits per heavy atom. The minimum absolute atomic E-state index is 0.172. The van der Waals surface area contributed by atoms with E-state index >= 15 is 0 Å². The molecule has 0 bridgehead atoms. The molecule has 0 fully saturated rings. The second-order valence-corrected chi connectivity index (χ2v) is 9.25. The van der Waals surface area contributed by atoms with Gasteiger partial charge in [-0.1, -0.05) is 32.8 Å². The van der Waals surface area contributed by atoms with Gasteiger partial charge in [-0.25, -0.2) is 22.0 Å². The van der Waals surface area contributed by atoms with Gasteiger partial charge in [0.05, 0.1) is 10.5 Å². The third-order valence-corrected chi connectivity index (χ3v) is 5.96. The lowest BCUT2D eigenvalue weighted by atomic mass is 9.99. The predicted octanol–water partition coefficient (Wildman–Crippen LogP) is 5.14. The standard InChI is InChI=1S/C22H27F2NO4S/c1-4-6-10-25(11-7-5-2)19-13-16(22(26)27)14-20(30(3,28)29)21(19)15-8-9-17(23)18(24)12-15/h8-9,12-14H,4-7,10-11H2,1-3H3,(H,26,27). The average molecular weight is 440 g/mol. The van der Waals surface area contributed by atoms with E-state index in [1.807, 2.05) is 18.7 Å². The van der Waals surface area contributed by atoms with Crippen molar-refractivity contribution in [2.45, 2.75) is 44.4 Å². The largest absolute Gasteiger partial charge is 0.478 e. The first-order valence-electron chi connectivity index (χ1n) is 9.91. The highest BCUT2D eigenvalue weighted by atomic mass is 32.2. The lowest BCUT2D eigenvalue weighted by Crippen LogP contribution is -2.27. The molecule has 0 saturated heterocycles. The van der Waals surface area contributed by atoms with Gasteiger partial charge in [0, 0.05) is 30.6 Å². The zero-order chi connectivity index (χ0) is 22.5. The first-order valence-corrected chi connectivity index (χ1v) is 11.8. The molecule has 2 rings (SSSR count).